The summed E-state index contributed by atoms with van der Waals surface area (Å²) >= 11 is 0. The van der Waals surface area contributed by atoms with E-state index in [1.807, 2.05) is 0 Å². The van der Waals surface area contributed by atoms with Crippen LogP contribution < -0.4 is 24.0 Å². The Hall–Kier alpha value is -0.463. The van der Waals surface area contributed by atoms with Crippen LogP contribution in [-0.2, 0) is 9.59 Å². The third-order valence-electron chi connectivity index (χ3n) is 2.38. The van der Waals surface area contributed by atoms with Crippen molar-refractivity contribution in [3.8, 4) is 0 Å². The van der Waals surface area contributed by atoms with Crippen LogP contribution in [0, 0.1) is 0 Å². The van der Waals surface area contributed by atoms with Crippen molar-refractivity contribution in [2.24, 2.45) is 0 Å². The molecule has 0 aromatic carbocycles. The van der Waals surface area contributed by atoms with Crippen molar-refractivity contribution in [1.29, 1.82) is 0 Å². The molecule has 1 fully saturated rings. The van der Waals surface area contributed by atoms with E-state index in [4.69, 9.17) is 0 Å². The Kier molecular flexibility index (Phi) is 3.37. The van der Waals surface area contributed by atoms with E-state index in [1.165, 1.54) is 18.9 Å². The summed E-state index contributed by atoms with van der Waals surface area (Å²) in [6.45, 7) is 1.51. The maximum atomic E-state index is 10.9. The molecule has 5 heteroatoms. The van der Waals surface area contributed by atoms with Crippen molar-refractivity contribution < 1.29 is 33.6 Å². The van der Waals surface area contributed by atoms with Gasteiger partial charge in [-0.2, -0.15) is 0 Å². The summed E-state index contributed by atoms with van der Waals surface area (Å²) in [7, 11) is 1.49. The smallest absolute Gasteiger partial charge is 0.548 e. The van der Waals surface area contributed by atoms with E-state index in [0.717, 1.165) is 0 Å². The molecule has 4 nitrogen and oxygen atoms in total. The van der Waals surface area contributed by atoms with Crippen LogP contribution in [0.1, 0.15) is 19.8 Å². The van der Waals surface area contributed by atoms with E-state index in [0.29, 0.717) is 12.8 Å². The minimum absolute atomic E-state index is 0. The van der Waals surface area contributed by atoms with Gasteiger partial charge in [0.1, 0.15) is 0 Å². The number of hydrogen-bond acceptors (Lipinski definition) is 3. The third-order valence-corrected chi connectivity index (χ3v) is 2.38. The Labute approximate surface area is 83.1 Å². The van der Waals surface area contributed by atoms with Crippen LogP contribution in [0.2, 0.25) is 0 Å². The maximum absolute atomic E-state index is 10.9. The molecule has 1 aliphatic rings. The summed E-state index contributed by atoms with van der Waals surface area (Å²) in [6, 6.07) is 0. The molecule has 0 unspecified atom stereocenters. The van der Waals surface area contributed by atoms with Crippen LogP contribution in [0.4, 0.5) is 0 Å². The van der Waals surface area contributed by atoms with E-state index < -0.39 is 11.5 Å². The molecule has 1 saturated heterocycles. The Morgan fingerprint density at radius 2 is 2.17 bits per heavy atom. The number of likely N-dealkylation sites (tertiary alicyclic amines) is 1. The first-order valence-corrected chi connectivity index (χ1v) is 3.46. The molecule has 0 aliphatic carbocycles. The molecule has 0 aromatic heterocycles. The number of carbonyl (C=O) groups excluding carboxylic acids is 2. The average Bonchev–Trinajstić information content (AvgIpc) is 2.18. The topological polar surface area (TPSA) is 60.4 Å². The molecule has 0 saturated carbocycles. The van der Waals surface area contributed by atoms with Crippen molar-refractivity contribution in [3.63, 3.8) is 0 Å². The molecule has 1 aliphatic heterocycles. The zero-order valence-corrected chi connectivity index (χ0v) is 7.59. The largest absolute Gasteiger partial charge is 1.00 e. The van der Waals surface area contributed by atoms with Gasteiger partial charge in [-0.1, -0.05) is 0 Å². The number of carboxylic acids is 1. The Morgan fingerprint density at radius 3 is 2.33 bits per heavy atom. The predicted octanol–water partition coefficient (Wildman–Crippen LogP) is -4.25. The molecular weight excluding hydrogens is 153 g/mol. The van der Waals surface area contributed by atoms with Gasteiger partial charge in [0.05, 0.1) is 11.5 Å². The summed E-state index contributed by atoms with van der Waals surface area (Å²) in [5, 5.41) is 10.6. The van der Waals surface area contributed by atoms with Crippen LogP contribution in [0.3, 0.4) is 0 Å². The fourth-order valence-electron chi connectivity index (χ4n) is 1.20. The van der Waals surface area contributed by atoms with Crippen LogP contribution in [0.5, 0.6) is 0 Å². The van der Waals surface area contributed by atoms with E-state index in [-0.39, 0.29) is 24.8 Å². The van der Waals surface area contributed by atoms with Crippen molar-refractivity contribution in [3.05, 3.63) is 0 Å². The summed E-state index contributed by atoms with van der Waals surface area (Å²) in [5.74, 6) is -1.30. The summed E-state index contributed by atoms with van der Waals surface area (Å²) in [4.78, 5) is 22.7. The molecule has 62 valence electrons. The van der Waals surface area contributed by atoms with Gasteiger partial charge in [-0.3, -0.25) is 4.79 Å². The van der Waals surface area contributed by atoms with Crippen LogP contribution >= 0.6 is 0 Å². The monoisotopic (exact) mass is 163 g/mol. The second-order valence-electron chi connectivity index (χ2n) is 3.01. The quantitative estimate of drug-likeness (QED) is 0.368. The molecular formula is C7H10LiNO3. The first-order valence-electron chi connectivity index (χ1n) is 3.46. The minimum atomic E-state index is -1.18. The standard InChI is InChI=1S/C7H11NO3.Li/c1-7(6(10)11)4-3-5(9)8(7)2;/h3-4H2,1-2H3,(H,10,11);/q;+1/p-1/t7-;/m1./s1. The van der Waals surface area contributed by atoms with Gasteiger partial charge < -0.3 is 14.8 Å². The SMILES string of the molecule is CN1C(=O)CC[C@]1(C)C(=O)[O-].[Li+]. The van der Waals surface area contributed by atoms with Gasteiger partial charge in [0, 0.05) is 13.5 Å². The van der Waals surface area contributed by atoms with E-state index in [9.17, 15) is 14.7 Å². The van der Waals surface area contributed by atoms with Gasteiger partial charge in [0.15, 0.2) is 0 Å². The van der Waals surface area contributed by atoms with Gasteiger partial charge >= 0.3 is 18.9 Å². The van der Waals surface area contributed by atoms with Crippen molar-refractivity contribution in [1.82, 2.24) is 4.90 Å². The number of carboxylic acid groups (broad SMARTS) is 1. The second-order valence-corrected chi connectivity index (χ2v) is 3.01. The molecule has 1 heterocycles. The fourth-order valence-corrected chi connectivity index (χ4v) is 1.20. The molecule has 1 atom stereocenters. The van der Waals surface area contributed by atoms with Crippen molar-refractivity contribution in [2.45, 2.75) is 25.3 Å². The number of aliphatic carboxylic acids is 1. The van der Waals surface area contributed by atoms with Crippen LogP contribution in [0.25, 0.3) is 0 Å². The molecule has 0 N–H and O–H groups in total. The zero-order chi connectivity index (χ0) is 8.65. The van der Waals surface area contributed by atoms with Gasteiger partial charge in [-0.25, -0.2) is 0 Å². The average molecular weight is 163 g/mol. The second kappa shape index (κ2) is 3.50. The van der Waals surface area contributed by atoms with Crippen LogP contribution in [-0.4, -0.2) is 29.4 Å². The number of nitrogens with zero attached hydrogens (tertiary/aromatic N) is 1. The molecule has 1 amide bonds. The fraction of sp³-hybridized carbons (Fsp3) is 0.714. The molecule has 0 bridgehead atoms. The van der Waals surface area contributed by atoms with Gasteiger partial charge in [0.25, 0.3) is 0 Å². The first kappa shape index (κ1) is 11.5. The molecule has 0 radical (unpaired) electrons. The number of amides is 1. The van der Waals surface area contributed by atoms with Crippen molar-refractivity contribution >= 4 is 11.9 Å². The third kappa shape index (κ3) is 1.50. The molecule has 12 heavy (non-hydrogen) atoms. The van der Waals surface area contributed by atoms with E-state index in [1.54, 1.807) is 0 Å². The van der Waals surface area contributed by atoms with Crippen LogP contribution in [0.15, 0.2) is 0 Å². The number of likely N-dealkylation sites (N-methyl/N-ethyl adjacent to an activating group) is 1. The predicted molar refractivity (Wildman–Crippen MR) is 35.4 cm³/mol. The first-order chi connectivity index (χ1) is 4.98. The number of hydrogen-bond donors (Lipinski definition) is 0. The van der Waals surface area contributed by atoms with Crippen molar-refractivity contribution in [2.75, 3.05) is 7.05 Å². The maximum Gasteiger partial charge on any atom is 1.00 e. The Bertz CT molecular complexity index is 219. The Morgan fingerprint density at radius 1 is 1.67 bits per heavy atom. The molecule has 0 spiro atoms. The summed E-state index contributed by atoms with van der Waals surface area (Å²) in [5.41, 5.74) is -1.09. The van der Waals surface area contributed by atoms with E-state index >= 15 is 0 Å². The summed E-state index contributed by atoms with van der Waals surface area (Å²) in [6.07, 6.45) is 0.658. The normalized spacial score (nSPS) is 28.5. The Balaban J connectivity index is 0.00000121. The van der Waals surface area contributed by atoms with Gasteiger partial charge in [0.2, 0.25) is 5.91 Å². The molecule has 1 rings (SSSR count). The number of carbonyl (C=O) groups is 2. The van der Waals surface area contributed by atoms with Gasteiger partial charge in [-0.15, -0.1) is 0 Å². The summed E-state index contributed by atoms with van der Waals surface area (Å²) < 4.78 is 0. The van der Waals surface area contributed by atoms with Gasteiger partial charge in [-0.05, 0) is 13.3 Å². The zero-order valence-electron chi connectivity index (χ0n) is 7.59. The number of rotatable bonds is 1. The molecule has 0 aromatic rings. The van der Waals surface area contributed by atoms with E-state index in [2.05, 4.69) is 0 Å². The minimum Gasteiger partial charge on any atom is -0.548 e.